The molecule has 2 atom stereocenters. The molecule has 150 valence electrons. The highest BCUT2D eigenvalue weighted by Gasteiger charge is 2.35. The molecular weight excluding hydrogens is 378 g/mol. The van der Waals surface area contributed by atoms with Crippen LogP contribution in [-0.4, -0.2) is 48.6 Å². The number of amides is 1. The fourth-order valence-electron chi connectivity index (χ4n) is 3.86. The molecule has 1 amide bonds. The summed E-state index contributed by atoms with van der Waals surface area (Å²) >= 11 is 0. The van der Waals surface area contributed by atoms with Crippen molar-refractivity contribution in [1.29, 1.82) is 0 Å². The molecule has 1 aromatic carbocycles. The first kappa shape index (κ1) is 20.4. The van der Waals surface area contributed by atoms with E-state index in [1.165, 1.54) is 0 Å². The van der Waals surface area contributed by atoms with Crippen LogP contribution < -0.4 is 14.8 Å². The predicted octanol–water partition coefficient (Wildman–Crippen LogP) is 2.63. The number of fused-ring (bicyclic) bond motifs is 1. The quantitative estimate of drug-likeness (QED) is 0.850. The number of carbonyl (C=O) groups excluding carboxylic acids is 1. The maximum absolute atomic E-state index is 13.3. The van der Waals surface area contributed by atoms with Gasteiger partial charge < -0.3 is 19.7 Å². The summed E-state index contributed by atoms with van der Waals surface area (Å²) in [6, 6.07) is 9.81. The van der Waals surface area contributed by atoms with E-state index in [1.54, 1.807) is 6.20 Å². The zero-order valence-corrected chi connectivity index (χ0v) is 16.8. The zero-order chi connectivity index (χ0) is 18.6. The predicted molar refractivity (Wildman–Crippen MR) is 109 cm³/mol. The average Bonchev–Trinajstić information content (AvgIpc) is 2.73. The third-order valence-electron chi connectivity index (χ3n) is 5.19. The number of nitrogens with one attached hydrogen (secondary N) is 1. The van der Waals surface area contributed by atoms with Crippen molar-refractivity contribution >= 4 is 18.3 Å². The van der Waals surface area contributed by atoms with Gasteiger partial charge in [-0.2, -0.15) is 0 Å². The largest absolute Gasteiger partial charge is 0.494 e. The van der Waals surface area contributed by atoms with Crippen molar-refractivity contribution < 1.29 is 14.3 Å². The molecule has 0 spiro atoms. The fourth-order valence-corrected chi connectivity index (χ4v) is 3.86. The summed E-state index contributed by atoms with van der Waals surface area (Å²) < 4.78 is 11.5. The van der Waals surface area contributed by atoms with Crippen LogP contribution in [0.4, 0.5) is 0 Å². The first-order valence-electron chi connectivity index (χ1n) is 9.56. The zero-order valence-electron chi connectivity index (χ0n) is 16.0. The van der Waals surface area contributed by atoms with Gasteiger partial charge in [0.2, 0.25) is 5.91 Å². The van der Waals surface area contributed by atoms with Gasteiger partial charge in [0.05, 0.1) is 18.6 Å². The van der Waals surface area contributed by atoms with E-state index >= 15 is 0 Å². The number of halogens is 1. The van der Waals surface area contributed by atoms with Crippen molar-refractivity contribution in [2.75, 3.05) is 32.8 Å². The topological polar surface area (TPSA) is 63.7 Å². The summed E-state index contributed by atoms with van der Waals surface area (Å²) in [7, 11) is 0. The van der Waals surface area contributed by atoms with Crippen molar-refractivity contribution in [2.24, 2.45) is 5.92 Å². The number of pyridine rings is 1. The third kappa shape index (κ3) is 4.23. The SMILES string of the molecule is CCOc1ccc2c(c1)CC(C(=O)N1CCNCC1c1cccnc1)CO2.Cl. The number of benzene rings is 1. The van der Waals surface area contributed by atoms with Gasteiger partial charge in [-0.25, -0.2) is 0 Å². The molecule has 2 aliphatic heterocycles. The van der Waals surface area contributed by atoms with Gasteiger partial charge in [0.1, 0.15) is 18.1 Å². The van der Waals surface area contributed by atoms with Gasteiger partial charge >= 0.3 is 0 Å². The highest BCUT2D eigenvalue weighted by Crippen LogP contribution is 2.33. The summed E-state index contributed by atoms with van der Waals surface area (Å²) in [4.78, 5) is 19.5. The molecule has 2 aliphatic rings. The van der Waals surface area contributed by atoms with Gasteiger partial charge in [-0.1, -0.05) is 6.07 Å². The molecule has 1 aromatic heterocycles. The van der Waals surface area contributed by atoms with Crippen LogP contribution in [-0.2, 0) is 11.2 Å². The summed E-state index contributed by atoms with van der Waals surface area (Å²) in [5.74, 6) is 1.65. The number of hydrogen-bond donors (Lipinski definition) is 1. The molecule has 7 heteroatoms. The van der Waals surface area contributed by atoms with Crippen LogP contribution in [0.15, 0.2) is 42.7 Å². The molecule has 1 saturated heterocycles. The Bertz CT molecular complexity index is 803. The Morgan fingerprint density at radius 3 is 3.07 bits per heavy atom. The second-order valence-corrected chi connectivity index (χ2v) is 6.95. The lowest BCUT2D eigenvalue weighted by atomic mass is 9.93. The van der Waals surface area contributed by atoms with Gasteiger partial charge in [0.25, 0.3) is 0 Å². The normalized spacial score (nSPS) is 21.1. The Kier molecular flexibility index (Phi) is 6.75. The number of rotatable bonds is 4. The van der Waals surface area contributed by atoms with Crippen molar-refractivity contribution in [3.8, 4) is 11.5 Å². The molecule has 3 heterocycles. The van der Waals surface area contributed by atoms with Gasteiger partial charge in [-0.15, -0.1) is 12.4 Å². The Labute approximate surface area is 171 Å². The highest BCUT2D eigenvalue weighted by molar-refractivity contribution is 5.85. The highest BCUT2D eigenvalue weighted by atomic mass is 35.5. The summed E-state index contributed by atoms with van der Waals surface area (Å²) in [5.41, 5.74) is 2.10. The van der Waals surface area contributed by atoms with Crippen molar-refractivity contribution in [1.82, 2.24) is 15.2 Å². The lowest BCUT2D eigenvalue weighted by Gasteiger charge is -2.39. The second-order valence-electron chi connectivity index (χ2n) is 6.95. The monoisotopic (exact) mass is 403 g/mol. The Balaban J connectivity index is 0.00000225. The van der Waals surface area contributed by atoms with Gasteiger partial charge in [-0.05, 0) is 48.7 Å². The molecular formula is C21H26ClN3O3. The van der Waals surface area contributed by atoms with Gasteiger partial charge in [0.15, 0.2) is 0 Å². The van der Waals surface area contributed by atoms with E-state index in [-0.39, 0.29) is 30.3 Å². The van der Waals surface area contributed by atoms with E-state index in [1.807, 2.05) is 48.4 Å². The van der Waals surface area contributed by atoms with Crippen molar-refractivity contribution in [2.45, 2.75) is 19.4 Å². The van der Waals surface area contributed by atoms with Crippen molar-refractivity contribution in [3.05, 3.63) is 53.9 Å². The molecule has 28 heavy (non-hydrogen) atoms. The molecule has 1 N–H and O–H groups in total. The standard InChI is InChI=1S/C21H25N3O3.ClH/c1-2-26-18-5-6-20-16(11-18)10-17(14-27-20)21(25)24-9-8-23-13-19(24)15-4-3-7-22-12-15;/h3-7,11-12,17,19,23H,2,8-10,13-14H2,1H3;1H. The molecule has 0 aliphatic carbocycles. The Morgan fingerprint density at radius 1 is 1.39 bits per heavy atom. The molecule has 2 unspecified atom stereocenters. The fraction of sp³-hybridized carbons (Fsp3) is 0.429. The van der Waals surface area contributed by atoms with Gasteiger partial charge in [0, 0.05) is 32.0 Å². The van der Waals surface area contributed by atoms with E-state index in [2.05, 4.69) is 10.3 Å². The Morgan fingerprint density at radius 2 is 2.29 bits per heavy atom. The van der Waals surface area contributed by atoms with Crippen molar-refractivity contribution in [3.63, 3.8) is 0 Å². The van der Waals surface area contributed by atoms with Crippen LogP contribution in [0, 0.1) is 5.92 Å². The minimum atomic E-state index is -0.174. The molecule has 6 nitrogen and oxygen atoms in total. The third-order valence-corrected chi connectivity index (χ3v) is 5.19. The van der Waals surface area contributed by atoms with Crippen LogP contribution in [0.25, 0.3) is 0 Å². The first-order valence-corrected chi connectivity index (χ1v) is 9.56. The van der Waals surface area contributed by atoms with Crippen LogP contribution in [0.5, 0.6) is 11.5 Å². The lowest BCUT2D eigenvalue weighted by molar-refractivity contribution is -0.140. The van der Waals surface area contributed by atoms with Crippen LogP contribution >= 0.6 is 12.4 Å². The molecule has 4 rings (SSSR count). The van der Waals surface area contributed by atoms with E-state index in [0.29, 0.717) is 26.2 Å². The minimum absolute atomic E-state index is 0. The number of aromatic nitrogens is 1. The summed E-state index contributed by atoms with van der Waals surface area (Å²) in [5, 5.41) is 3.39. The van der Waals surface area contributed by atoms with Crippen LogP contribution in [0.3, 0.4) is 0 Å². The smallest absolute Gasteiger partial charge is 0.230 e. The maximum atomic E-state index is 13.3. The average molecular weight is 404 g/mol. The van der Waals surface area contributed by atoms with Gasteiger partial charge in [-0.3, -0.25) is 9.78 Å². The van der Waals surface area contributed by atoms with Crippen LogP contribution in [0.1, 0.15) is 24.1 Å². The molecule has 2 aromatic rings. The van der Waals surface area contributed by atoms with Crippen LogP contribution in [0.2, 0.25) is 0 Å². The number of ether oxygens (including phenoxy) is 2. The number of nitrogens with zero attached hydrogens (tertiary/aromatic N) is 2. The molecule has 1 fully saturated rings. The number of hydrogen-bond acceptors (Lipinski definition) is 5. The summed E-state index contributed by atoms with van der Waals surface area (Å²) in [6.45, 7) is 5.25. The number of piperazine rings is 1. The summed E-state index contributed by atoms with van der Waals surface area (Å²) in [6.07, 6.45) is 4.28. The molecule has 0 bridgehead atoms. The van der Waals surface area contributed by atoms with E-state index < -0.39 is 0 Å². The first-order chi connectivity index (χ1) is 13.3. The maximum Gasteiger partial charge on any atom is 0.230 e. The van der Waals surface area contributed by atoms with E-state index in [9.17, 15) is 4.79 Å². The number of carbonyl (C=O) groups is 1. The van der Waals surface area contributed by atoms with E-state index in [4.69, 9.17) is 9.47 Å². The lowest BCUT2D eigenvalue weighted by Crippen LogP contribution is -2.51. The second kappa shape index (κ2) is 9.26. The minimum Gasteiger partial charge on any atom is -0.494 e. The molecule has 0 radical (unpaired) electrons. The van der Waals surface area contributed by atoms with E-state index in [0.717, 1.165) is 35.7 Å². The Hall–Kier alpha value is -2.31. The molecule has 0 saturated carbocycles.